The summed E-state index contributed by atoms with van der Waals surface area (Å²) in [5.41, 5.74) is 5.71. The van der Waals surface area contributed by atoms with Crippen LogP contribution in [-0.2, 0) is 16.4 Å². The molecule has 0 aliphatic heterocycles. The Balaban J connectivity index is 2.28. The second-order valence-corrected chi connectivity index (χ2v) is 7.83. The van der Waals surface area contributed by atoms with Gasteiger partial charge >= 0.3 is 0 Å². The number of nitrogens with one attached hydrogen (secondary N) is 1. The van der Waals surface area contributed by atoms with E-state index in [4.69, 9.17) is 28.9 Å². The van der Waals surface area contributed by atoms with Gasteiger partial charge < -0.3 is 5.73 Å². The summed E-state index contributed by atoms with van der Waals surface area (Å²) in [5.74, 6) is 0. The lowest BCUT2D eigenvalue weighted by atomic mass is 10.3. The van der Waals surface area contributed by atoms with E-state index in [2.05, 4.69) is 4.72 Å². The molecule has 2 rings (SSSR count). The first-order chi connectivity index (χ1) is 9.44. The summed E-state index contributed by atoms with van der Waals surface area (Å²) in [7, 11) is -3.67. The third-order valence-corrected chi connectivity index (χ3v) is 6.31. The number of halogens is 2. The van der Waals surface area contributed by atoms with Crippen molar-refractivity contribution in [2.45, 2.75) is 10.6 Å². The maximum absolute atomic E-state index is 12.2. The molecule has 0 saturated heterocycles. The Morgan fingerprint density at radius 3 is 2.65 bits per heavy atom. The van der Waals surface area contributed by atoms with Gasteiger partial charge in [-0.1, -0.05) is 29.3 Å². The fourth-order valence-electron chi connectivity index (χ4n) is 1.56. The molecule has 0 bridgehead atoms. The van der Waals surface area contributed by atoms with Crippen molar-refractivity contribution in [3.8, 4) is 0 Å². The minimum Gasteiger partial charge on any atom is -0.330 e. The average Bonchev–Trinajstić information content (AvgIpc) is 2.85. The second kappa shape index (κ2) is 6.32. The largest absolute Gasteiger partial charge is 0.330 e. The van der Waals surface area contributed by atoms with Crippen molar-refractivity contribution >= 4 is 50.2 Å². The number of rotatable bonds is 5. The Labute approximate surface area is 131 Å². The molecule has 2 aromatic rings. The van der Waals surface area contributed by atoms with E-state index in [1.807, 2.05) is 0 Å². The van der Waals surface area contributed by atoms with Crippen LogP contribution in [0.25, 0.3) is 0 Å². The van der Waals surface area contributed by atoms with Crippen LogP contribution in [0.5, 0.6) is 0 Å². The third kappa shape index (κ3) is 3.45. The molecule has 0 spiro atoms. The zero-order chi connectivity index (χ0) is 14.8. The maximum atomic E-state index is 12.2. The smallest absolute Gasteiger partial charge is 0.271 e. The zero-order valence-electron chi connectivity index (χ0n) is 10.3. The van der Waals surface area contributed by atoms with Crippen molar-refractivity contribution in [2.75, 3.05) is 11.3 Å². The molecule has 3 N–H and O–H groups in total. The van der Waals surface area contributed by atoms with Crippen LogP contribution < -0.4 is 10.5 Å². The highest BCUT2D eigenvalue weighted by molar-refractivity contribution is 7.94. The third-order valence-electron chi connectivity index (χ3n) is 2.49. The first-order valence-corrected chi connectivity index (χ1v) is 8.75. The minimum atomic E-state index is -3.67. The van der Waals surface area contributed by atoms with Gasteiger partial charge in [-0.25, -0.2) is 8.42 Å². The Bertz CT molecular complexity index is 714. The molecule has 4 nitrogen and oxygen atoms in total. The Morgan fingerprint density at radius 2 is 1.95 bits per heavy atom. The number of anilines is 1. The summed E-state index contributed by atoms with van der Waals surface area (Å²) in [4.78, 5) is 0.921. The lowest BCUT2D eigenvalue weighted by Gasteiger charge is -2.08. The molecule has 8 heteroatoms. The van der Waals surface area contributed by atoms with Crippen molar-refractivity contribution in [2.24, 2.45) is 5.73 Å². The summed E-state index contributed by atoms with van der Waals surface area (Å²) in [6.07, 6.45) is 0.651. The van der Waals surface area contributed by atoms with Crippen LogP contribution in [0.1, 0.15) is 4.88 Å². The van der Waals surface area contributed by atoms with Gasteiger partial charge in [0.15, 0.2) is 0 Å². The van der Waals surface area contributed by atoms with Crippen LogP contribution in [-0.4, -0.2) is 15.0 Å². The standard InChI is InChI=1S/C12H12Cl2N2O2S2/c13-9-2-1-3-10(12(9)14)16-20(17,18)11-5-4-8(19-11)6-7-15/h1-5,16H,6-7,15H2. The second-order valence-electron chi connectivity index (χ2n) is 3.97. The van der Waals surface area contributed by atoms with E-state index in [0.29, 0.717) is 18.0 Å². The van der Waals surface area contributed by atoms with Gasteiger partial charge in [0.25, 0.3) is 10.0 Å². The van der Waals surface area contributed by atoms with Gasteiger partial charge in [0.2, 0.25) is 0 Å². The molecule has 1 aromatic carbocycles. The number of benzene rings is 1. The molecular weight excluding hydrogens is 339 g/mol. The summed E-state index contributed by atoms with van der Waals surface area (Å²) < 4.78 is 27.2. The lowest BCUT2D eigenvalue weighted by molar-refractivity contribution is 0.603. The van der Waals surface area contributed by atoms with E-state index in [1.54, 1.807) is 30.3 Å². The van der Waals surface area contributed by atoms with E-state index in [9.17, 15) is 8.42 Å². The first-order valence-electron chi connectivity index (χ1n) is 5.69. The fourth-order valence-corrected chi connectivity index (χ4v) is 4.40. The van der Waals surface area contributed by atoms with Gasteiger partial charge in [-0.2, -0.15) is 0 Å². The Hall–Kier alpha value is -0.790. The quantitative estimate of drug-likeness (QED) is 0.868. The molecule has 0 fully saturated rings. The van der Waals surface area contributed by atoms with Crippen LogP contribution in [0.2, 0.25) is 10.0 Å². The van der Waals surface area contributed by atoms with E-state index < -0.39 is 10.0 Å². The number of thiophene rings is 1. The number of hydrogen-bond donors (Lipinski definition) is 2. The SMILES string of the molecule is NCCc1ccc(S(=O)(=O)Nc2cccc(Cl)c2Cl)s1. The van der Waals surface area contributed by atoms with Gasteiger partial charge in [-0.3, -0.25) is 4.72 Å². The van der Waals surface area contributed by atoms with Crippen molar-refractivity contribution in [1.82, 2.24) is 0 Å². The summed E-state index contributed by atoms with van der Waals surface area (Å²) >= 11 is 13.0. The molecule has 0 saturated carbocycles. The average molecular weight is 351 g/mol. The minimum absolute atomic E-state index is 0.177. The predicted molar refractivity (Wildman–Crippen MR) is 84.3 cm³/mol. The highest BCUT2D eigenvalue weighted by Crippen LogP contribution is 2.32. The van der Waals surface area contributed by atoms with Crippen LogP contribution in [0, 0.1) is 0 Å². The number of hydrogen-bond acceptors (Lipinski definition) is 4. The predicted octanol–water partition coefficient (Wildman–Crippen LogP) is 3.36. The van der Waals surface area contributed by atoms with E-state index in [0.717, 1.165) is 4.88 Å². The molecule has 1 aromatic heterocycles. The van der Waals surface area contributed by atoms with Gasteiger partial charge in [0.1, 0.15) is 4.21 Å². The van der Waals surface area contributed by atoms with Gasteiger partial charge in [-0.15, -0.1) is 11.3 Å². The van der Waals surface area contributed by atoms with Crippen molar-refractivity contribution in [3.05, 3.63) is 45.3 Å². The van der Waals surface area contributed by atoms with Crippen LogP contribution >= 0.6 is 34.5 Å². The van der Waals surface area contributed by atoms with E-state index >= 15 is 0 Å². The van der Waals surface area contributed by atoms with Crippen molar-refractivity contribution in [1.29, 1.82) is 0 Å². The maximum Gasteiger partial charge on any atom is 0.271 e. The monoisotopic (exact) mass is 350 g/mol. The summed E-state index contributed by atoms with van der Waals surface area (Å²) in [6, 6.07) is 8.08. The van der Waals surface area contributed by atoms with Gasteiger partial charge in [0, 0.05) is 4.88 Å². The highest BCUT2D eigenvalue weighted by Gasteiger charge is 2.18. The zero-order valence-corrected chi connectivity index (χ0v) is 13.4. The summed E-state index contributed by atoms with van der Waals surface area (Å²) in [5, 5.41) is 0.471. The lowest BCUT2D eigenvalue weighted by Crippen LogP contribution is -2.11. The van der Waals surface area contributed by atoms with Gasteiger partial charge in [-0.05, 0) is 37.2 Å². The molecule has 0 unspecified atom stereocenters. The molecule has 0 radical (unpaired) electrons. The summed E-state index contributed by atoms with van der Waals surface area (Å²) in [6.45, 7) is 0.480. The van der Waals surface area contributed by atoms with Crippen LogP contribution in [0.15, 0.2) is 34.5 Å². The fraction of sp³-hybridized carbons (Fsp3) is 0.167. The highest BCUT2D eigenvalue weighted by atomic mass is 35.5. The number of nitrogens with two attached hydrogens (primary N) is 1. The van der Waals surface area contributed by atoms with E-state index in [1.165, 1.54) is 11.3 Å². The molecule has 0 aliphatic rings. The molecule has 1 heterocycles. The van der Waals surface area contributed by atoms with E-state index in [-0.39, 0.29) is 14.9 Å². The van der Waals surface area contributed by atoms with Crippen molar-refractivity contribution in [3.63, 3.8) is 0 Å². The number of sulfonamides is 1. The topological polar surface area (TPSA) is 72.2 Å². The van der Waals surface area contributed by atoms with Crippen molar-refractivity contribution < 1.29 is 8.42 Å². The normalized spacial score (nSPS) is 11.6. The molecule has 0 aliphatic carbocycles. The molecular formula is C12H12Cl2N2O2S2. The van der Waals surface area contributed by atoms with Crippen LogP contribution in [0.4, 0.5) is 5.69 Å². The first kappa shape index (κ1) is 15.6. The molecule has 0 amide bonds. The Morgan fingerprint density at radius 1 is 1.20 bits per heavy atom. The molecule has 0 atom stereocenters. The van der Waals surface area contributed by atoms with Gasteiger partial charge in [0.05, 0.1) is 15.7 Å². The van der Waals surface area contributed by atoms with Crippen LogP contribution in [0.3, 0.4) is 0 Å². The molecule has 20 heavy (non-hydrogen) atoms. The Kier molecular flexibility index (Phi) is 4.93. The molecule has 108 valence electrons.